The van der Waals surface area contributed by atoms with Crippen molar-refractivity contribution in [2.75, 3.05) is 0 Å². The quantitative estimate of drug-likeness (QED) is 0.206. The first-order valence-corrected chi connectivity index (χ1v) is 14.7. The predicted molar refractivity (Wildman–Crippen MR) is 194 cm³/mol. The molecule has 0 spiro atoms. The van der Waals surface area contributed by atoms with Crippen LogP contribution in [0.15, 0.2) is 106 Å². The minimum absolute atomic E-state index is 0. The van der Waals surface area contributed by atoms with Crippen LogP contribution in [0.4, 0.5) is 13.2 Å². The predicted octanol–water partition coefficient (Wildman–Crippen LogP) is 7.91. The maximum absolute atomic E-state index is 12.6. The van der Waals surface area contributed by atoms with Gasteiger partial charge in [0.2, 0.25) is 0 Å². The second-order valence-corrected chi connectivity index (χ2v) is 11.5. The van der Waals surface area contributed by atoms with E-state index in [2.05, 4.69) is 31.9 Å². The van der Waals surface area contributed by atoms with Crippen molar-refractivity contribution in [1.82, 2.24) is 0 Å². The van der Waals surface area contributed by atoms with E-state index in [1.807, 2.05) is 38.1 Å². The monoisotopic (exact) mass is 790 g/mol. The lowest BCUT2D eigenvalue weighted by atomic mass is 9.80. The molecule has 6 nitrogen and oxygen atoms in total. The summed E-state index contributed by atoms with van der Waals surface area (Å²) in [5.74, 6) is -1.13. The second-order valence-electron chi connectivity index (χ2n) is 9.78. The average molecular weight is 792 g/mol. The summed E-state index contributed by atoms with van der Waals surface area (Å²) in [7, 11) is -1.35. The molecule has 0 radical (unpaired) electrons. The number of hydrogen-bond donors (Lipinski definition) is 2. The molecule has 2 aliphatic rings. The lowest BCUT2D eigenvalue weighted by molar-refractivity contribution is -0.137. The lowest BCUT2D eigenvalue weighted by Gasteiger charge is -2.14. The number of allylic oxidation sites excluding steroid dienone is 8. The van der Waals surface area contributed by atoms with Crippen LogP contribution in [-0.4, -0.2) is 40.3 Å². The van der Waals surface area contributed by atoms with E-state index in [1.54, 1.807) is 24.3 Å². The molecule has 2 N–H and O–H groups in total. The number of benzene rings is 3. The fraction of sp³-hybridized carbons (Fsp3) is 0.167. The number of carbonyl (C=O) groups excluding carboxylic acids is 4. The van der Waals surface area contributed by atoms with E-state index in [0.29, 0.717) is 20.0 Å². The summed E-state index contributed by atoms with van der Waals surface area (Å²) in [6.45, 7) is 3.86. The van der Waals surface area contributed by atoms with Crippen LogP contribution in [0.1, 0.15) is 50.1 Å². The molecule has 0 amide bonds. The van der Waals surface area contributed by atoms with Gasteiger partial charge in [0.1, 0.15) is 0 Å². The molecule has 0 aromatic heterocycles. The minimum Gasteiger partial charge on any atom is -0.423 e. The van der Waals surface area contributed by atoms with Gasteiger partial charge >= 0.3 is 13.3 Å². The third kappa shape index (κ3) is 12.2. The number of carbonyl (C=O) groups is 4. The molecule has 3 aromatic carbocycles. The topological polar surface area (TPSA) is 109 Å². The molecule has 12 heteroatoms. The van der Waals surface area contributed by atoms with Gasteiger partial charge in [-0.05, 0) is 86.6 Å². The number of alkyl halides is 3. The van der Waals surface area contributed by atoms with Gasteiger partial charge in [0.05, 0.1) is 14.5 Å². The number of hydrogen-bond acceptors (Lipinski definition) is 6. The fourth-order valence-corrected chi connectivity index (χ4v) is 4.48. The summed E-state index contributed by atoms with van der Waals surface area (Å²) in [5, 5.41) is 17.3. The van der Waals surface area contributed by atoms with E-state index >= 15 is 0 Å². The number of ketones is 4. The van der Waals surface area contributed by atoms with Crippen LogP contribution in [0.3, 0.4) is 0 Å². The van der Waals surface area contributed by atoms with E-state index in [1.165, 1.54) is 36.4 Å². The second kappa shape index (κ2) is 19.1. The molecule has 0 fully saturated rings. The normalized spacial score (nSPS) is 13.7. The Labute approximate surface area is 296 Å². The zero-order chi connectivity index (χ0) is 33.5. The molecule has 0 saturated carbocycles. The van der Waals surface area contributed by atoms with Crippen LogP contribution < -0.4 is 5.46 Å². The van der Waals surface area contributed by atoms with Crippen LogP contribution >= 0.6 is 31.9 Å². The largest absolute Gasteiger partial charge is 0.488 e. The SMILES string of the molecule is C.C.C.Cc1ccc(B(O)O)cc1.Cc1ccc(C2=CC(=O)C(c3ccc(C(F)(F)F)cc3)=CC2=O)cc1.O=C1C=C(Br)C(=O)C=C1Br. The minimum atomic E-state index is -4.45. The van der Waals surface area contributed by atoms with Crippen molar-refractivity contribution in [3.8, 4) is 0 Å². The molecule has 5 rings (SSSR count). The standard InChI is InChI=1S/C20H13F3O2.C7H9BO2.C6H2Br2O2.3CH4/c1-12-2-4-13(5-3-12)16-10-19(25)17(11-18(16)24)14-6-8-15(9-7-14)20(21,22)23;1-6-2-4-7(5-3-6)8(9)10;7-3-1-5(9)4(8)2-6(3)10;;;/h2-11H,1H3;2-5,9-10H,1H3;1-2H;3*1H4. The van der Waals surface area contributed by atoms with Gasteiger partial charge in [0.15, 0.2) is 23.1 Å². The van der Waals surface area contributed by atoms with E-state index in [-0.39, 0.29) is 56.3 Å². The molecular formula is C36H36BBr2F3O6. The van der Waals surface area contributed by atoms with E-state index in [4.69, 9.17) is 10.0 Å². The molecule has 48 heavy (non-hydrogen) atoms. The first kappa shape index (κ1) is 44.0. The number of halogens is 5. The van der Waals surface area contributed by atoms with Gasteiger partial charge in [0.25, 0.3) is 0 Å². The van der Waals surface area contributed by atoms with Crippen LogP contribution in [0.5, 0.6) is 0 Å². The third-order valence-electron chi connectivity index (χ3n) is 6.33. The first-order valence-electron chi connectivity index (χ1n) is 13.1. The van der Waals surface area contributed by atoms with Crippen LogP contribution in [0, 0.1) is 13.8 Å². The zero-order valence-electron chi connectivity index (χ0n) is 23.7. The van der Waals surface area contributed by atoms with Crippen molar-refractivity contribution in [3.63, 3.8) is 0 Å². The summed E-state index contributed by atoms with van der Waals surface area (Å²) < 4.78 is 38.5. The molecular weight excluding hydrogens is 756 g/mol. The fourth-order valence-electron chi connectivity index (χ4n) is 3.83. The molecule has 0 atom stereocenters. The Morgan fingerprint density at radius 2 is 0.875 bits per heavy atom. The first-order chi connectivity index (χ1) is 21.1. The Hall–Kier alpha value is -3.97. The van der Waals surface area contributed by atoms with Crippen LogP contribution in [0.25, 0.3) is 11.1 Å². The highest BCUT2D eigenvalue weighted by Gasteiger charge is 2.30. The van der Waals surface area contributed by atoms with Crippen LogP contribution in [0.2, 0.25) is 0 Å². The molecule has 0 bridgehead atoms. The van der Waals surface area contributed by atoms with Gasteiger partial charge in [-0.25, -0.2) is 0 Å². The molecule has 0 saturated heterocycles. The number of aryl methyl sites for hydroxylation is 2. The maximum atomic E-state index is 12.6. The van der Waals surface area contributed by atoms with Crippen molar-refractivity contribution in [2.24, 2.45) is 0 Å². The molecule has 254 valence electrons. The molecule has 2 aliphatic carbocycles. The van der Waals surface area contributed by atoms with Gasteiger partial charge in [-0.3, -0.25) is 19.2 Å². The maximum Gasteiger partial charge on any atom is 0.488 e. The van der Waals surface area contributed by atoms with Crippen molar-refractivity contribution in [3.05, 3.63) is 134 Å². The molecule has 0 aliphatic heterocycles. The smallest absolute Gasteiger partial charge is 0.423 e. The van der Waals surface area contributed by atoms with Crippen LogP contribution in [-0.2, 0) is 25.4 Å². The highest BCUT2D eigenvalue weighted by atomic mass is 79.9. The molecule has 0 unspecified atom stereocenters. The Balaban J connectivity index is 0.000000799. The van der Waals surface area contributed by atoms with E-state index in [0.717, 1.165) is 23.3 Å². The van der Waals surface area contributed by atoms with Crippen molar-refractivity contribution in [1.29, 1.82) is 0 Å². The van der Waals surface area contributed by atoms with Crippen molar-refractivity contribution in [2.45, 2.75) is 42.3 Å². The number of rotatable bonds is 3. The Bertz CT molecular complexity index is 1710. The zero-order valence-corrected chi connectivity index (χ0v) is 26.9. The third-order valence-corrected chi connectivity index (χ3v) is 7.57. The summed E-state index contributed by atoms with van der Waals surface area (Å²) >= 11 is 5.89. The summed E-state index contributed by atoms with van der Waals surface area (Å²) in [6, 6.07) is 18.4. The lowest BCUT2D eigenvalue weighted by Crippen LogP contribution is -2.29. The highest BCUT2D eigenvalue weighted by Crippen LogP contribution is 2.32. The van der Waals surface area contributed by atoms with Gasteiger partial charge in [-0.2, -0.15) is 13.2 Å². The van der Waals surface area contributed by atoms with E-state index in [9.17, 15) is 32.3 Å². The Morgan fingerprint density at radius 1 is 0.542 bits per heavy atom. The van der Waals surface area contributed by atoms with Gasteiger partial charge in [-0.1, -0.05) is 94.1 Å². The van der Waals surface area contributed by atoms with Gasteiger partial charge in [-0.15, -0.1) is 0 Å². The van der Waals surface area contributed by atoms with Crippen molar-refractivity contribution >= 4 is 78.7 Å². The van der Waals surface area contributed by atoms with Gasteiger partial charge in [0, 0.05) is 23.3 Å². The summed E-state index contributed by atoms with van der Waals surface area (Å²) in [4.78, 5) is 46.3. The van der Waals surface area contributed by atoms with Gasteiger partial charge < -0.3 is 10.0 Å². The molecule has 3 aromatic rings. The Kier molecular flexibility index (Phi) is 17.6. The van der Waals surface area contributed by atoms with Crippen molar-refractivity contribution < 1.29 is 42.4 Å². The summed E-state index contributed by atoms with van der Waals surface area (Å²) in [5.41, 5.74) is 3.16. The summed E-state index contributed by atoms with van der Waals surface area (Å²) in [6.07, 6.45) is 0.455. The Morgan fingerprint density at radius 3 is 1.21 bits per heavy atom. The van der Waals surface area contributed by atoms with E-state index < -0.39 is 24.6 Å². The highest BCUT2D eigenvalue weighted by molar-refractivity contribution is 9.12. The molecule has 0 heterocycles. The average Bonchev–Trinajstić information content (AvgIpc) is 2.98.